The van der Waals surface area contributed by atoms with Crippen LogP contribution in [0.3, 0.4) is 0 Å². The van der Waals surface area contributed by atoms with Gasteiger partial charge in [-0.3, -0.25) is 9.59 Å². The Hall–Kier alpha value is -1.35. The van der Waals surface area contributed by atoms with Crippen LogP contribution in [0.25, 0.3) is 0 Å². The van der Waals surface area contributed by atoms with Crippen LogP contribution in [0.1, 0.15) is 31.9 Å². The molecule has 0 aliphatic heterocycles. The fraction of sp³-hybridized carbons (Fsp3) is 0.333. The lowest BCUT2D eigenvalue weighted by Crippen LogP contribution is -2.27. The van der Waals surface area contributed by atoms with Crippen molar-refractivity contribution in [2.45, 2.75) is 26.3 Å². The fourth-order valence-electron chi connectivity index (χ4n) is 1.35. The lowest BCUT2D eigenvalue weighted by Gasteiger charge is -2.13. The van der Waals surface area contributed by atoms with Crippen molar-refractivity contribution in [3.63, 3.8) is 0 Å². The highest BCUT2D eigenvalue weighted by molar-refractivity contribution is 6.30. The minimum Gasteiger partial charge on any atom is -0.349 e. The molecule has 1 rings (SSSR count). The molecule has 0 radical (unpaired) electrons. The largest absolute Gasteiger partial charge is 0.349 e. The second-order valence-corrected chi connectivity index (χ2v) is 4.16. The van der Waals surface area contributed by atoms with Crippen molar-refractivity contribution >= 4 is 23.3 Å². The van der Waals surface area contributed by atoms with Crippen LogP contribution >= 0.6 is 11.6 Å². The van der Waals surface area contributed by atoms with Gasteiger partial charge in [0.2, 0.25) is 5.91 Å². The first-order valence-corrected chi connectivity index (χ1v) is 5.41. The summed E-state index contributed by atoms with van der Waals surface area (Å²) < 4.78 is 0. The molecule has 1 atom stereocenters. The number of ketones is 1. The van der Waals surface area contributed by atoms with Crippen LogP contribution in [0.5, 0.6) is 0 Å². The zero-order valence-electron chi connectivity index (χ0n) is 9.29. The van der Waals surface area contributed by atoms with Crippen LogP contribution in [0, 0.1) is 0 Å². The molecule has 0 saturated heterocycles. The molecule has 0 saturated carbocycles. The number of nitrogens with one attached hydrogen (secondary N) is 1. The quantitative estimate of drug-likeness (QED) is 0.821. The number of hydrogen-bond donors (Lipinski definition) is 1. The standard InChI is InChI=1S/C12H14ClNO2/c1-8(15)7-12(16)14-9(2)10-3-5-11(13)6-4-10/h3-6,9H,7H2,1-2H3,(H,14,16). The van der Waals surface area contributed by atoms with Gasteiger partial charge in [-0.25, -0.2) is 0 Å². The lowest BCUT2D eigenvalue weighted by molar-refractivity contribution is -0.127. The Bertz CT molecular complexity index is 387. The van der Waals surface area contributed by atoms with Gasteiger partial charge in [-0.2, -0.15) is 0 Å². The van der Waals surface area contributed by atoms with Crippen LogP contribution in [0.4, 0.5) is 0 Å². The molecule has 1 N–H and O–H groups in total. The van der Waals surface area contributed by atoms with E-state index in [1.807, 2.05) is 19.1 Å². The third kappa shape index (κ3) is 4.03. The van der Waals surface area contributed by atoms with Gasteiger partial charge in [0.05, 0.1) is 12.5 Å². The highest BCUT2D eigenvalue weighted by atomic mass is 35.5. The second-order valence-electron chi connectivity index (χ2n) is 3.72. The Balaban J connectivity index is 2.58. The molecular weight excluding hydrogens is 226 g/mol. The molecule has 4 heteroatoms. The van der Waals surface area contributed by atoms with E-state index in [9.17, 15) is 9.59 Å². The average molecular weight is 240 g/mol. The number of rotatable bonds is 4. The predicted octanol–water partition coefficient (Wildman–Crippen LogP) is 2.50. The smallest absolute Gasteiger partial charge is 0.227 e. The number of benzene rings is 1. The summed E-state index contributed by atoms with van der Waals surface area (Å²) in [5.41, 5.74) is 0.960. The summed E-state index contributed by atoms with van der Waals surface area (Å²) in [6.07, 6.45) is -0.0715. The Kier molecular flexibility index (Phi) is 4.50. The van der Waals surface area contributed by atoms with E-state index in [0.29, 0.717) is 5.02 Å². The highest BCUT2D eigenvalue weighted by Gasteiger charge is 2.10. The first-order chi connectivity index (χ1) is 7.49. The van der Waals surface area contributed by atoms with Crippen molar-refractivity contribution in [2.24, 2.45) is 0 Å². The van der Waals surface area contributed by atoms with Crippen molar-refractivity contribution in [3.05, 3.63) is 34.9 Å². The molecule has 0 fully saturated rings. The van der Waals surface area contributed by atoms with Gasteiger partial charge in [0, 0.05) is 5.02 Å². The van der Waals surface area contributed by atoms with Crippen LogP contribution < -0.4 is 5.32 Å². The SMILES string of the molecule is CC(=O)CC(=O)NC(C)c1ccc(Cl)cc1. The van der Waals surface area contributed by atoms with E-state index in [0.717, 1.165) is 5.56 Å². The Labute approximate surface area is 99.8 Å². The van der Waals surface area contributed by atoms with Gasteiger partial charge >= 0.3 is 0 Å². The fourth-order valence-corrected chi connectivity index (χ4v) is 1.48. The molecule has 0 aromatic heterocycles. The number of carbonyl (C=O) groups is 2. The van der Waals surface area contributed by atoms with Gasteiger partial charge in [0.15, 0.2) is 0 Å². The average Bonchev–Trinajstić information content (AvgIpc) is 2.16. The number of hydrogen-bond acceptors (Lipinski definition) is 2. The maximum absolute atomic E-state index is 11.3. The van der Waals surface area contributed by atoms with E-state index in [1.165, 1.54) is 6.92 Å². The van der Waals surface area contributed by atoms with Gasteiger partial charge in [0.1, 0.15) is 5.78 Å². The van der Waals surface area contributed by atoms with Gasteiger partial charge in [-0.15, -0.1) is 0 Å². The molecule has 1 aromatic carbocycles. The predicted molar refractivity (Wildman–Crippen MR) is 63.3 cm³/mol. The van der Waals surface area contributed by atoms with Gasteiger partial charge in [0.25, 0.3) is 0 Å². The van der Waals surface area contributed by atoms with E-state index < -0.39 is 0 Å². The molecule has 0 spiro atoms. The van der Waals surface area contributed by atoms with E-state index in [2.05, 4.69) is 5.32 Å². The maximum Gasteiger partial charge on any atom is 0.227 e. The van der Waals surface area contributed by atoms with Crippen molar-refractivity contribution in [3.8, 4) is 0 Å². The van der Waals surface area contributed by atoms with Crippen molar-refractivity contribution in [2.75, 3.05) is 0 Å². The molecule has 3 nitrogen and oxygen atoms in total. The molecule has 1 unspecified atom stereocenters. The summed E-state index contributed by atoms with van der Waals surface area (Å²) in [7, 11) is 0. The highest BCUT2D eigenvalue weighted by Crippen LogP contribution is 2.15. The normalized spacial score (nSPS) is 11.9. The summed E-state index contributed by atoms with van der Waals surface area (Å²) in [6, 6.07) is 7.11. The van der Waals surface area contributed by atoms with Crippen LogP contribution in [0.2, 0.25) is 5.02 Å². The molecule has 16 heavy (non-hydrogen) atoms. The van der Waals surface area contributed by atoms with Crippen LogP contribution in [-0.4, -0.2) is 11.7 Å². The zero-order valence-corrected chi connectivity index (χ0v) is 10.0. The van der Waals surface area contributed by atoms with Gasteiger partial charge in [-0.1, -0.05) is 23.7 Å². The summed E-state index contributed by atoms with van der Waals surface area (Å²) in [5, 5.41) is 3.40. The zero-order chi connectivity index (χ0) is 12.1. The number of Topliss-reactive ketones (excluding diaryl/α,β-unsaturated/α-hetero) is 1. The summed E-state index contributed by atoms with van der Waals surface area (Å²) in [4.78, 5) is 22.1. The molecule has 0 aliphatic carbocycles. The molecule has 1 aromatic rings. The van der Waals surface area contributed by atoms with Crippen LogP contribution in [0.15, 0.2) is 24.3 Å². The molecular formula is C12H14ClNO2. The molecule has 0 bridgehead atoms. The molecule has 0 aliphatic rings. The van der Waals surface area contributed by atoms with Crippen molar-refractivity contribution in [1.82, 2.24) is 5.32 Å². The Morgan fingerprint density at radius 1 is 1.31 bits per heavy atom. The maximum atomic E-state index is 11.3. The van der Waals surface area contributed by atoms with Crippen LogP contribution in [-0.2, 0) is 9.59 Å². The number of carbonyl (C=O) groups excluding carboxylic acids is 2. The van der Waals surface area contributed by atoms with Gasteiger partial charge < -0.3 is 5.32 Å². The Morgan fingerprint density at radius 2 is 1.88 bits per heavy atom. The minimum absolute atomic E-state index is 0.0715. The van der Waals surface area contributed by atoms with Gasteiger partial charge in [-0.05, 0) is 31.5 Å². The minimum atomic E-state index is -0.255. The van der Waals surface area contributed by atoms with Crippen molar-refractivity contribution < 1.29 is 9.59 Å². The van der Waals surface area contributed by atoms with E-state index in [-0.39, 0.29) is 24.2 Å². The summed E-state index contributed by atoms with van der Waals surface area (Å²) in [6.45, 7) is 3.26. The van der Waals surface area contributed by atoms with E-state index >= 15 is 0 Å². The third-order valence-electron chi connectivity index (χ3n) is 2.16. The van der Waals surface area contributed by atoms with Crippen molar-refractivity contribution in [1.29, 1.82) is 0 Å². The molecule has 1 amide bonds. The molecule has 0 heterocycles. The topological polar surface area (TPSA) is 46.2 Å². The summed E-state index contributed by atoms with van der Waals surface area (Å²) >= 11 is 5.76. The third-order valence-corrected chi connectivity index (χ3v) is 2.41. The molecule has 86 valence electrons. The number of amides is 1. The second kappa shape index (κ2) is 5.66. The monoisotopic (exact) mass is 239 g/mol. The van der Waals surface area contributed by atoms with E-state index in [4.69, 9.17) is 11.6 Å². The summed E-state index contributed by atoms with van der Waals surface area (Å²) in [5.74, 6) is -0.393. The Morgan fingerprint density at radius 3 is 2.38 bits per heavy atom. The first kappa shape index (κ1) is 12.7. The number of halogens is 1. The first-order valence-electron chi connectivity index (χ1n) is 5.03. The lowest BCUT2D eigenvalue weighted by atomic mass is 10.1. The van der Waals surface area contributed by atoms with E-state index in [1.54, 1.807) is 12.1 Å².